The minimum atomic E-state index is -4.91. The van der Waals surface area contributed by atoms with E-state index in [4.69, 9.17) is 0 Å². The van der Waals surface area contributed by atoms with Crippen molar-refractivity contribution in [3.05, 3.63) is 76.1 Å². The van der Waals surface area contributed by atoms with Gasteiger partial charge in [-0.2, -0.15) is 0 Å². The van der Waals surface area contributed by atoms with Gasteiger partial charge in [0.15, 0.2) is 9.84 Å². The molecule has 0 atom stereocenters. The van der Waals surface area contributed by atoms with Crippen LogP contribution in [0.25, 0.3) is 11.6 Å². The van der Waals surface area contributed by atoms with Crippen molar-refractivity contribution in [2.75, 3.05) is 38.5 Å². The molecule has 0 unspecified atom stereocenters. The van der Waals surface area contributed by atoms with Crippen molar-refractivity contribution in [1.82, 2.24) is 14.8 Å². The number of carbonyl (C=O) groups excluding carboxylic acids is 2. The van der Waals surface area contributed by atoms with E-state index in [0.29, 0.717) is 46.9 Å². The largest absolute Gasteiger partial charge is 0.573 e. The summed E-state index contributed by atoms with van der Waals surface area (Å²) in [4.78, 5) is 33.3. The zero-order valence-electron chi connectivity index (χ0n) is 23.1. The Bertz CT molecular complexity index is 1700. The Morgan fingerprint density at radius 2 is 1.79 bits per heavy atom. The number of piperazine rings is 1. The Labute approximate surface area is 240 Å². The summed E-state index contributed by atoms with van der Waals surface area (Å²) in [5.41, 5.74) is 3.53. The molecule has 3 aromatic rings. The van der Waals surface area contributed by atoms with Crippen molar-refractivity contribution in [1.29, 1.82) is 0 Å². The summed E-state index contributed by atoms with van der Waals surface area (Å²) >= 11 is 0. The number of amides is 2. The predicted octanol–water partition coefficient (Wildman–Crippen LogP) is 4.38. The van der Waals surface area contributed by atoms with E-state index in [1.165, 1.54) is 30.3 Å². The number of alkyl halides is 3. The average molecular weight is 603 g/mol. The van der Waals surface area contributed by atoms with Gasteiger partial charge in [0.1, 0.15) is 5.75 Å². The molecule has 2 amide bonds. The molecule has 0 radical (unpaired) electrons. The van der Waals surface area contributed by atoms with Gasteiger partial charge in [-0.3, -0.25) is 9.59 Å². The Morgan fingerprint density at radius 1 is 1.07 bits per heavy atom. The Balaban J connectivity index is 1.43. The lowest BCUT2D eigenvalue weighted by Crippen LogP contribution is -2.47. The van der Waals surface area contributed by atoms with Crippen LogP contribution in [0.3, 0.4) is 0 Å². The summed E-state index contributed by atoms with van der Waals surface area (Å²) in [7, 11) is -2.01. The number of nitrogens with one attached hydrogen (secondary N) is 2. The molecule has 2 aliphatic rings. The molecule has 2 N–H and O–H groups in total. The lowest BCUT2D eigenvalue weighted by Gasteiger charge is -2.32. The first-order valence-corrected chi connectivity index (χ1v) is 14.8. The standard InChI is InChI=1S/C29H29F3N4O5S/c1-17-25(33-18(2)26(17)28(38)36-11-9-35(3)10-12-36)15-23-22-14-21(7-8-24(22)34-27(23)37)42(39,40)16-19-5-4-6-20(13-19)41-29(30,31)32/h4-8,13-15,33H,9-12,16H2,1-3H3,(H,34,37)/b23-15-. The third-order valence-electron chi connectivity index (χ3n) is 7.39. The van der Waals surface area contributed by atoms with Crippen LogP contribution in [0.5, 0.6) is 5.75 Å². The monoisotopic (exact) mass is 602 g/mol. The lowest BCUT2D eigenvalue weighted by molar-refractivity contribution is -0.274. The number of nitrogens with zero attached hydrogens (tertiary/aromatic N) is 2. The zero-order chi connectivity index (χ0) is 30.4. The number of hydrogen-bond donors (Lipinski definition) is 2. The lowest BCUT2D eigenvalue weighted by atomic mass is 10.0. The molecule has 1 aromatic heterocycles. The highest BCUT2D eigenvalue weighted by Gasteiger charge is 2.32. The topological polar surface area (TPSA) is 112 Å². The van der Waals surface area contributed by atoms with Gasteiger partial charge in [-0.15, -0.1) is 13.2 Å². The second kappa shape index (κ2) is 11.0. The molecule has 0 saturated carbocycles. The number of benzene rings is 2. The molecule has 2 aromatic carbocycles. The normalized spacial score (nSPS) is 17.0. The van der Waals surface area contributed by atoms with Crippen molar-refractivity contribution in [3.8, 4) is 5.75 Å². The number of halogens is 3. The van der Waals surface area contributed by atoms with Crippen LogP contribution < -0.4 is 10.1 Å². The van der Waals surface area contributed by atoms with Gasteiger partial charge in [0.05, 0.1) is 21.8 Å². The summed E-state index contributed by atoms with van der Waals surface area (Å²) in [5.74, 6) is -1.62. The minimum absolute atomic E-state index is 0.0895. The molecule has 5 rings (SSSR count). The highest BCUT2D eigenvalue weighted by molar-refractivity contribution is 7.90. The first kappa shape index (κ1) is 29.4. The third-order valence-corrected chi connectivity index (χ3v) is 9.08. The second-order valence-electron chi connectivity index (χ2n) is 10.4. The number of fused-ring (bicyclic) bond motifs is 1. The molecule has 0 aliphatic carbocycles. The Kier molecular flexibility index (Phi) is 7.66. The number of ether oxygens (including phenoxy) is 1. The van der Waals surface area contributed by atoms with Crippen LogP contribution in [-0.4, -0.2) is 74.6 Å². The molecule has 1 saturated heterocycles. The van der Waals surface area contributed by atoms with E-state index >= 15 is 0 Å². The molecule has 42 heavy (non-hydrogen) atoms. The van der Waals surface area contributed by atoms with Gasteiger partial charge >= 0.3 is 6.36 Å². The van der Waals surface area contributed by atoms with Crippen LogP contribution in [0.2, 0.25) is 0 Å². The molecule has 13 heteroatoms. The van der Waals surface area contributed by atoms with Gasteiger partial charge in [0.25, 0.3) is 11.8 Å². The first-order chi connectivity index (χ1) is 19.7. The SMILES string of the molecule is Cc1[nH]c(/C=C2\C(=O)Nc3ccc(S(=O)(=O)Cc4cccc(OC(F)(F)F)c4)cc32)c(C)c1C(=O)N1CCN(C)CC1. The summed E-state index contributed by atoms with van der Waals surface area (Å²) in [6, 6.07) is 8.95. The maximum Gasteiger partial charge on any atom is 0.573 e. The van der Waals surface area contributed by atoms with Crippen LogP contribution in [0.4, 0.5) is 18.9 Å². The number of aromatic amines is 1. The summed E-state index contributed by atoms with van der Waals surface area (Å²) in [6.07, 6.45) is -3.31. The molecule has 0 bridgehead atoms. The fraction of sp³-hybridized carbons (Fsp3) is 0.310. The minimum Gasteiger partial charge on any atom is -0.406 e. The van der Waals surface area contributed by atoms with Gasteiger partial charge in [-0.25, -0.2) is 8.42 Å². The van der Waals surface area contributed by atoms with Gasteiger partial charge < -0.3 is 24.8 Å². The molecular formula is C29H29F3N4O5S. The van der Waals surface area contributed by atoms with E-state index in [0.717, 1.165) is 25.2 Å². The molecule has 3 heterocycles. The molecule has 2 aliphatic heterocycles. The van der Waals surface area contributed by atoms with Crippen molar-refractivity contribution >= 4 is 39.0 Å². The number of hydrogen-bond acceptors (Lipinski definition) is 6. The van der Waals surface area contributed by atoms with E-state index < -0.39 is 33.6 Å². The summed E-state index contributed by atoms with van der Waals surface area (Å²) < 4.78 is 68.2. The number of aromatic nitrogens is 1. The van der Waals surface area contributed by atoms with E-state index in [9.17, 15) is 31.2 Å². The van der Waals surface area contributed by atoms with Crippen LogP contribution in [0.15, 0.2) is 47.4 Å². The van der Waals surface area contributed by atoms with Crippen molar-refractivity contribution in [2.24, 2.45) is 0 Å². The molecule has 9 nitrogen and oxygen atoms in total. The van der Waals surface area contributed by atoms with Gasteiger partial charge in [0.2, 0.25) is 0 Å². The molecular weight excluding hydrogens is 573 g/mol. The van der Waals surface area contributed by atoms with Gasteiger partial charge in [-0.1, -0.05) is 12.1 Å². The summed E-state index contributed by atoms with van der Waals surface area (Å²) in [5, 5.41) is 2.73. The first-order valence-electron chi connectivity index (χ1n) is 13.1. The number of likely N-dealkylation sites (N-methyl/N-ethyl adjacent to an activating group) is 1. The zero-order valence-corrected chi connectivity index (χ0v) is 23.9. The number of anilines is 1. The van der Waals surface area contributed by atoms with Crippen LogP contribution in [0, 0.1) is 13.8 Å². The van der Waals surface area contributed by atoms with Crippen molar-refractivity contribution in [2.45, 2.75) is 30.9 Å². The Morgan fingerprint density at radius 3 is 2.48 bits per heavy atom. The maximum atomic E-state index is 13.3. The molecule has 222 valence electrons. The van der Waals surface area contributed by atoms with Crippen molar-refractivity contribution in [3.63, 3.8) is 0 Å². The average Bonchev–Trinajstić information content (AvgIpc) is 3.36. The number of rotatable bonds is 6. The van der Waals surface area contributed by atoms with Gasteiger partial charge in [-0.05, 0) is 68.4 Å². The van der Waals surface area contributed by atoms with E-state index in [-0.39, 0.29) is 21.9 Å². The predicted molar refractivity (Wildman–Crippen MR) is 151 cm³/mol. The number of carbonyl (C=O) groups is 2. The van der Waals surface area contributed by atoms with E-state index in [1.54, 1.807) is 24.8 Å². The van der Waals surface area contributed by atoms with Crippen molar-refractivity contribution < 1.29 is 35.9 Å². The number of aryl methyl sites for hydroxylation is 1. The van der Waals surface area contributed by atoms with Gasteiger partial charge in [0, 0.05) is 48.8 Å². The van der Waals surface area contributed by atoms with Crippen LogP contribution >= 0.6 is 0 Å². The fourth-order valence-corrected chi connectivity index (χ4v) is 6.55. The highest BCUT2D eigenvalue weighted by Crippen LogP contribution is 2.36. The summed E-state index contributed by atoms with van der Waals surface area (Å²) in [6.45, 7) is 6.37. The molecule has 0 spiro atoms. The second-order valence-corrected chi connectivity index (χ2v) is 12.4. The number of sulfone groups is 1. The Hall–Kier alpha value is -4.10. The quantitative estimate of drug-likeness (QED) is 0.405. The smallest absolute Gasteiger partial charge is 0.406 e. The van der Waals surface area contributed by atoms with Crippen LogP contribution in [0.1, 0.15) is 38.4 Å². The highest BCUT2D eigenvalue weighted by atomic mass is 32.2. The van der Waals surface area contributed by atoms with Crippen LogP contribution in [-0.2, 0) is 20.4 Å². The fourth-order valence-electron chi connectivity index (χ4n) is 5.19. The number of H-pyrrole nitrogens is 1. The van der Waals surface area contributed by atoms with E-state index in [1.807, 2.05) is 7.05 Å². The third kappa shape index (κ3) is 6.07. The molecule has 1 fully saturated rings. The maximum absolute atomic E-state index is 13.3. The van der Waals surface area contributed by atoms with E-state index in [2.05, 4.69) is 19.9 Å².